The Morgan fingerprint density at radius 3 is 2.53 bits per heavy atom. The third-order valence-electron chi connectivity index (χ3n) is 7.22. The van der Waals surface area contributed by atoms with Gasteiger partial charge in [-0.3, -0.25) is 9.67 Å². The molecule has 5 heterocycles. The molecule has 6 rings (SSSR count). The van der Waals surface area contributed by atoms with Crippen LogP contribution in [0.4, 0.5) is 0 Å². The van der Waals surface area contributed by atoms with Crippen molar-refractivity contribution in [2.45, 2.75) is 25.8 Å². The fourth-order valence-corrected chi connectivity index (χ4v) is 5.67. The van der Waals surface area contributed by atoms with E-state index in [9.17, 15) is 9.90 Å². The summed E-state index contributed by atoms with van der Waals surface area (Å²) in [4.78, 5) is 17.3. The molecule has 1 N–H and O–H groups in total. The third kappa shape index (κ3) is 3.40. The molecule has 184 valence electrons. The number of ether oxygens (including phenoxy) is 1. The zero-order valence-corrected chi connectivity index (χ0v) is 20.4. The maximum absolute atomic E-state index is 12.5. The molecule has 5 aromatic rings. The van der Waals surface area contributed by atoms with Crippen LogP contribution in [-0.4, -0.2) is 58.6 Å². The molecule has 1 fully saturated rings. The van der Waals surface area contributed by atoms with Crippen molar-refractivity contribution in [2.75, 3.05) is 13.2 Å². The predicted molar refractivity (Wildman–Crippen MR) is 134 cm³/mol. The molecule has 0 radical (unpaired) electrons. The molecule has 1 atom stereocenters. The van der Waals surface area contributed by atoms with Crippen LogP contribution in [0, 0.1) is 12.8 Å². The van der Waals surface area contributed by atoms with Gasteiger partial charge in [0.1, 0.15) is 16.6 Å². The number of pyridine rings is 1. The van der Waals surface area contributed by atoms with Crippen molar-refractivity contribution in [3.8, 4) is 11.3 Å². The highest BCUT2D eigenvalue weighted by Crippen LogP contribution is 2.41. The van der Waals surface area contributed by atoms with Crippen LogP contribution in [0.1, 0.15) is 40.6 Å². The van der Waals surface area contributed by atoms with Gasteiger partial charge in [0.05, 0.1) is 22.9 Å². The lowest BCUT2D eigenvalue weighted by Crippen LogP contribution is -2.27. The van der Waals surface area contributed by atoms with Gasteiger partial charge in [0.25, 0.3) is 0 Å². The molecule has 0 bridgehead atoms. The number of benzene rings is 1. The molecule has 10 nitrogen and oxygen atoms in total. The van der Waals surface area contributed by atoms with Crippen LogP contribution in [0.25, 0.3) is 33.3 Å². The van der Waals surface area contributed by atoms with Gasteiger partial charge in [0.15, 0.2) is 5.69 Å². The Bertz CT molecular complexity index is 1570. The second-order valence-electron chi connectivity index (χ2n) is 9.39. The van der Waals surface area contributed by atoms with Crippen molar-refractivity contribution in [3.63, 3.8) is 0 Å². The number of hydrogen-bond acceptors (Lipinski definition) is 6. The number of carbonyl (C=O) groups is 1. The van der Waals surface area contributed by atoms with Gasteiger partial charge in [-0.15, -0.1) is 5.10 Å². The summed E-state index contributed by atoms with van der Waals surface area (Å²) in [6.45, 7) is 3.28. The van der Waals surface area contributed by atoms with Gasteiger partial charge in [0, 0.05) is 39.1 Å². The number of rotatable bonds is 5. The van der Waals surface area contributed by atoms with Gasteiger partial charge < -0.3 is 14.4 Å². The molecule has 36 heavy (non-hydrogen) atoms. The summed E-state index contributed by atoms with van der Waals surface area (Å²) in [7, 11) is 3.53. The van der Waals surface area contributed by atoms with Crippen molar-refractivity contribution in [3.05, 3.63) is 59.5 Å². The third-order valence-corrected chi connectivity index (χ3v) is 7.22. The van der Waals surface area contributed by atoms with E-state index < -0.39 is 5.97 Å². The lowest BCUT2D eigenvalue weighted by atomic mass is 9.86. The number of hydrogen-bond donors (Lipinski definition) is 1. The van der Waals surface area contributed by atoms with E-state index in [-0.39, 0.29) is 17.7 Å². The molecule has 0 spiro atoms. The van der Waals surface area contributed by atoms with E-state index in [4.69, 9.17) is 9.72 Å². The fraction of sp³-hybridized carbons (Fsp3) is 0.346. The van der Waals surface area contributed by atoms with E-state index >= 15 is 0 Å². The highest BCUT2D eigenvalue weighted by molar-refractivity contribution is 6.11. The molecule has 0 amide bonds. The molecule has 0 aliphatic carbocycles. The highest BCUT2D eigenvalue weighted by atomic mass is 16.5. The van der Waals surface area contributed by atoms with Gasteiger partial charge in [0.2, 0.25) is 0 Å². The summed E-state index contributed by atoms with van der Waals surface area (Å²) in [5.41, 5.74) is 6.50. The highest BCUT2D eigenvalue weighted by Gasteiger charge is 2.33. The first kappa shape index (κ1) is 22.4. The molecule has 0 saturated carbocycles. The van der Waals surface area contributed by atoms with Gasteiger partial charge in [-0.05, 0) is 37.3 Å². The van der Waals surface area contributed by atoms with E-state index in [0.717, 1.165) is 40.9 Å². The average Bonchev–Trinajstić information content (AvgIpc) is 3.50. The monoisotopic (exact) mass is 485 g/mol. The Labute approximate surface area is 207 Å². The van der Waals surface area contributed by atoms with Gasteiger partial charge in [-0.2, -0.15) is 5.10 Å². The van der Waals surface area contributed by atoms with Crippen LogP contribution in [-0.2, 0) is 18.8 Å². The molecule has 1 aliphatic rings. The van der Waals surface area contributed by atoms with Crippen LogP contribution in [0.15, 0.2) is 42.6 Å². The van der Waals surface area contributed by atoms with E-state index in [1.54, 1.807) is 17.9 Å². The number of fused-ring (bicyclic) bond motifs is 3. The zero-order valence-electron chi connectivity index (χ0n) is 20.4. The maximum atomic E-state index is 12.5. The smallest absolute Gasteiger partial charge is 0.356 e. The van der Waals surface area contributed by atoms with Crippen molar-refractivity contribution in [1.82, 2.24) is 34.3 Å². The Balaban J connectivity index is 1.72. The van der Waals surface area contributed by atoms with Crippen molar-refractivity contribution >= 4 is 28.0 Å². The number of aromatic nitrogens is 7. The molecule has 1 unspecified atom stereocenters. The number of aromatic carboxylic acids is 1. The molecular formula is C26H27N7O3. The van der Waals surface area contributed by atoms with Crippen LogP contribution < -0.4 is 0 Å². The van der Waals surface area contributed by atoms with Crippen molar-refractivity contribution in [1.29, 1.82) is 0 Å². The average molecular weight is 486 g/mol. The number of aryl methyl sites for hydroxylation is 3. The van der Waals surface area contributed by atoms with Gasteiger partial charge >= 0.3 is 5.97 Å². The zero-order chi connectivity index (χ0) is 25.0. The van der Waals surface area contributed by atoms with Crippen molar-refractivity contribution < 1.29 is 14.6 Å². The summed E-state index contributed by atoms with van der Waals surface area (Å²) in [5, 5.41) is 23.2. The SMILES string of the molecule is Cc1nnn(C)c1-c1cnc2c3nn(C)c(C(=O)O)c3n(C(c3ccccc3)C3CCOCC3)c2c1. The molecule has 1 saturated heterocycles. The van der Waals surface area contributed by atoms with Crippen LogP contribution in [0.3, 0.4) is 0 Å². The maximum Gasteiger partial charge on any atom is 0.356 e. The molecule has 10 heteroatoms. The second-order valence-corrected chi connectivity index (χ2v) is 9.39. The van der Waals surface area contributed by atoms with E-state index in [1.165, 1.54) is 4.68 Å². The Kier molecular flexibility index (Phi) is 5.33. The summed E-state index contributed by atoms with van der Waals surface area (Å²) in [5.74, 6) is -0.764. The van der Waals surface area contributed by atoms with Gasteiger partial charge in [-0.25, -0.2) is 9.48 Å². The summed E-state index contributed by atoms with van der Waals surface area (Å²) in [6.07, 6.45) is 3.54. The minimum absolute atomic E-state index is 0.111. The Morgan fingerprint density at radius 1 is 1.11 bits per heavy atom. The predicted octanol–water partition coefficient (Wildman–Crippen LogP) is 3.74. The van der Waals surface area contributed by atoms with Crippen LogP contribution in [0.5, 0.6) is 0 Å². The van der Waals surface area contributed by atoms with Crippen LogP contribution in [0.2, 0.25) is 0 Å². The fourth-order valence-electron chi connectivity index (χ4n) is 5.67. The van der Waals surface area contributed by atoms with E-state index in [0.29, 0.717) is 29.8 Å². The van der Waals surface area contributed by atoms with Crippen molar-refractivity contribution in [2.24, 2.45) is 20.0 Å². The van der Waals surface area contributed by atoms with Crippen LogP contribution >= 0.6 is 0 Å². The number of carboxylic acid groups (broad SMARTS) is 1. The minimum atomic E-state index is -1.02. The number of nitrogens with zero attached hydrogens (tertiary/aromatic N) is 7. The lowest BCUT2D eigenvalue weighted by Gasteiger charge is -2.33. The normalized spacial score (nSPS) is 15.6. The molecular weight excluding hydrogens is 458 g/mol. The standard InChI is InChI=1S/C26H27N7O3/c1-15-22(32(3)30-28-15)18-13-19-20(27-14-18)21-24(25(26(34)35)31(2)29-21)33(19)23(16-7-5-4-6-8-16)17-9-11-36-12-10-17/h4-8,13-14,17,23H,9-12H2,1-3H3,(H,34,35). The first-order valence-electron chi connectivity index (χ1n) is 12.0. The Morgan fingerprint density at radius 2 is 1.86 bits per heavy atom. The summed E-state index contributed by atoms with van der Waals surface area (Å²) >= 11 is 0. The first-order valence-corrected chi connectivity index (χ1v) is 12.0. The second kappa shape index (κ2) is 8.56. The number of carboxylic acids is 1. The molecule has 1 aromatic carbocycles. The molecule has 4 aromatic heterocycles. The summed E-state index contributed by atoms with van der Waals surface area (Å²) < 4.78 is 11.0. The minimum Gasteiger partial charge on any atom is -0.476 e. The van der Waals surface area contributed by atoms with Gasteiger partial charge in [-0.1, -0.05) is 35.5 Å². The lowest BCUT2D eigenvalue weighted by molar-refractivity contribution is 0.0551. The van der Waals surface area contributed by atoms with E-state index in [2.05, 4.69) is 38.2 Å². The molecule has 1 aliphatic heterocycles. The Hall–Kier alpha value is -4.05. The quantitative estimate of drug-likeness (QED) is 0.403. The van der Waals surface area contributed by atoms with E-state index in [1.807, 2.05) is 32.2 Å². The largest absolute Gasteiger partial charge is 0.476 e. The topological polar surface area (TPSA) is 113 Å². The first-order chi connectivity index (χ1) is 17.5. The summed E-state index contributed by atoms with van der Waals surface area (Å²) in [6, 6.07) is 12.2.